The van der Waals surface area contributed by atoms with Crippen molar-refractivity contribution in [1.82, 2.24) is 5.32 Å². The van der Waals surface area contributed by atoms with E-state index >= 15 is 0 Å². The first kappa shape index (κ1) is 14.8. The van der Waals surface area contributed by atoms with Gasteiger partial charge >= 0.3 is 0 Å². The lowest BCUT2D eigenvalue weighted by atomic mass is 10.3. The van der Waals surface area contributed by atoms with Crippen molar-refractivity contribution in [2.45, 2.75) is 0 Å². The molecule has 0 saturated heterocycles. The van der Waals surface area contributed by atoms with E-state index in [1.54, 1.807) is 29.6 Å². The van der Waals surface area contributed by atoms with E-state index < -0.39 is 0 Å². The van der Waals surface area contributed by atoms with Crippen LogP contribution in [-0.4, -0.2) is 18.4 Å². The molecule has 1 aromatic carbocycles. The Morgan fingerprint density at radius 2 is 2.00 bits per heavy atom. The van der Waals surface area contributed by atoms with Crippen molar-refractivity contribution in [3.05, 3.63) is 50.6 Å². The molecule has 0 spiro atoms. The number of benzene rings is 1. The van der Waals surface area contributed by atoms with Crippen LogP contribution in [0.2, 0.25) is 10.0 Å². The molecule has 0 aliphatic carbocycles. The lowest BCUT2D eigenvalue weighted by Gasteiger charge is -2.08. The summed E-state index contributed by atoms with van der Waals surface area (Å²) in [5, 5.41) is 7.75. The van der Waals surface area contributed by atoms with Crippen LogP contribution < -0.4 is 10.6 Å². The molecule has 0 aliphatic rings. The Morgan fingerprint density at radius 1 is 1.20 bits per heavy atom. The summed E-state index contributed by atoms with van der Waals surface area (Å²) in [6.45, 7) is -0.129. The second kappa shape index (κ2) is 6.74. The summed E-state index contributed by atoms with van der Waals surface area (Å²) in [6.07, 6.45) is 0. The van der Waals surface area contributed by atoms with E-state index in [-0.39, 0.29) is 18.4 Å². The van der Waals surface area contributed by atoms with Gasteiger partial charge in [0.05, 0.1) is 22.1 Å². The van der Waals surface area contributed by atoms with Gasteiger partial charge in [-0.1, -0.05) is 29.3 Å². The highest BCUT2D eigenvalue weighted by Gasteiger charge is 2.10. The molecule has 2 amide bonds. The standard InChI is InChI=1S/C13H10Cl2N2O2S/c14-8-3-4-10(9(15)6-8)17-12(18)7-16-13(19)11-2-1-5-20-11/h1-6H,7H2,(H,16,19)(H,17,18). The van der Waals surface area contributed by atoms with Crippen LogP contribution in [0.4, 0.5) is 5.69 Å². The topological polar surface area (TPSA) is 58.2 Å². The van der Waals surface area contributed by atoms with Crippen LogP contribution in [-0.2, 0) is 4.79 Å². The van der Waals surface area contributed by atoms with E-state index in [9.17, 15) is 9.59 Å². The van der Waals surface area contributed by atoms with Crippen molar-refractivity contribution in [1.29, 1.82) is 0 Å². The third kappa shape index (κ3) is 3.96. The number of nitrogens with one attached hydrogen (secondary N) is 2. The first-order valence-corrected chi connectivity index (χ1v) is 7.26. The van der Waals surface area contributed by atoms with Gasteiger partial charge in [-0.25, -0.2) is 0 Å². The van der Waals surface area contributed by atoms with Gasteiger partial charge in [-0.3, -0.25) is 9.59 Å². The van der Waals surface area contributed by atoms with Crippen LogP contribution >= 0.6 is 34.5 Å². The zero-order chi connectivity index (χ0) is 14.5. The molecule has 0 fully saturated rings. The molecule has 2 rings (SSSR count). The maximum absolute atomic E-state index is 11.7. The van der Waals surface area contributed by atoms with Gasteiger partial charge in [-0.15, -0.1) is 11.3 Å². The number of anilines is 1. The minimum Gasteiger partial charge on any atom is -0.342 e. The largest absolute Gasteiger partial charge is 0.342 e. The van der Waals surface area contributed by atoms with Gasteiger partial charge in [0, 0.05) is 5.02 Å². The summed E-state index contributed by atoms with van der Waals surface area (Å²) in [5.74, 6) is -0.642. The van der Waals surface area contributed by atoms with Gasteiger partial charge < -0.3 is 10.6 Å². The molecule has 0 bridgehead atoms. The van der Waals surface area contributed by atoms with Crippen LogP contribution in [0, 0.1) is 0 Å². The number of hydrogen-bond acceptors (Lipinski definition) is 3. The van der Waals surface area contributed by atoms with Crippen molar-refractivity contribution in [2.75, 3.05) is 11.9 Å². The Morgan fingerprint density at radius 3 is 2.65 bits per heavy atom. The first-order valence-electron chi connectivity index (χ1n) is 5.63. The highest BCUT2D eigenvalue weighted by atomic mass is 35.5. The zero-order valence-electron chi connectivity index (χ0n) is 10.2. The quantitative estimate of drug-likeness (QED) is 0.903. The summed E-state index contributed by atoms with van der Waals surface area (Å²) in [5.41, 5.74) is 0.450. The zero-order valence-corrected chi connectivity index (χ0v) is 12.5. The fraction of sp³-hybridized carbons (Fsp3) is 0.0769. The van der Waals surface area contributed by atoms with E-state index in [1.807, 2.05) is 0 Å². The van der Waals surface area contributed by atoms with Crippen molar-refractivity contribution in [3.8, 4) is 0 Å². The van der Waals surface area contributed by atoms with Crippen LogP contribution in [0.5, 0.6) is 0 Å². The third-order valence-corrected chi connectivity index (χ3v) is 3.78. The molecule has 4 nitrogen and oxygen atoms in total. The molecule has 0 atom stereocenters. The minimum atomic E-state index is -0.362. The predicted octanol–water partition coefficient (Wildman–Crippen LogP) is 3.42. The Bertz CT molecular complexity index is 629. The predicted molar refractivity (Wildman–Crippen MR) is 81.7 cm³/mol. The van der Waals surface area contributed by atoms with Crippen LogP contribution in [0.3, 0.4) is 0 Å². The molecule has 0 aliphatic heterocycles. The number of rotatable bonds is 4. The molecule has 7 heteroatoms. The Balaban J connectivity index is 1.88. The SMILES string of the molecule is O=C(CNC(=O)c1cccs1)Nc1ccc(Cl)cc1Cl. The second-order valence-electron chi connectivity index (χ2n) is 3.83. The molecule has 20 heavy (non-hydrogen) atoms. The maximum atomic E-state index is 11.7. The van der Waals surface area contributed by atoms with Gasteiger partial charge in [0.25, 0.3) is 5.91 Å². The van der Waals surface area contributed by atoms with E-state index in [0.717, 1.165) is 0 Å². The molecule has 1 heterocycles. The summed E-state index contributed by atoms with van der Waals surface area (Å²) in [7, 11) is 0. The van der Waals surface area contributed by atoms with Crippen LogP contribution in [0.25, 0.3) is 0 Å². The van der Waals surface area contributed by atoms with E-state index in [4.69, 9.17) is 23.2 Å². The van der Waals surface area contributed by atoms with Crippen molar-refractivity contribution in [2.24, 2.45) is 0 Å². The van der Waals surface area contributed by atoms with Gasteiger partial charge in [0.1, 0.15) is 0 Å². The highest BCUT2D eigenvalue weighted by molar-refractivity contribution is 7.12. The lowest BCUT2D eigenvalue weighted by Crippen LogP contribution is -2.32. The van der Waals surface area contributed by atoms with Crippen molar-refractivity contribution >= 4 is 52.0 Å². The molecule has 0 unspecified atom stereocenters. The fourth-order valence-electron chi connectivity index (χ4n) is 1.44. The number of carbonyl (C=O) groups excluding carboxylic acids is 2. The maximum Gasteiger partial charge on any atom is 0.261 e. The average Bonchev–Trinajstić information content (AvgIpc) is 2.93. The van der Waals surface area contributed by atoms with E-state index in [0.29, 0.717) is 20.6 Å². The monoisotopic (exact) mass is 328 g/mol. The Hall–Kier alpha value is -1.56. The normalized spacial score (nSPS) is 10.1. The Kier molecular flexibility index (Phi) is 5.00. The van der Waals surface area contributed by atoms with E-state index in [1.165, 1.54) is 17.4 Å². The summed E-state index contributed by atoms with van der Waals surface area (Å²) in [4.78, 5) is 23.9. The number of amides is 2. The van der Waals surface area contributed by atoms with Crippen LogP contribution in [0.15, 0.2) is 35.7 Å². The molecule has 0 saturated carbocycles. The molecule has 104 valence electrons. The number of hydrogen-bond donors (Lipinski definition) is 2. The summed E-state index contributed by atoms with van der Waals surface area (Å²) < 4.78 is 0. The van der Waals surface area contributed by atoms with E-state index in [2.05, 4.69) is 10.6 Å². The second-order valence-corrected chi connectivity index (χ2v) is 5.62. The fourth-order valence-corrected chi connectivity index (χ4v) is 2.54. The molecule has 1 aromatic heterocycles. The van der Waals surface area contributed by atoms with Crippen molar-refractivity contribution in [3.63, 3.8) is 0 Å². The van der Waals surface area contributed by atoms with Gasteiger partial charge in [-0.05, 0) is 29.6 Å². The number of carbonyl (C=O) groups is 2. The van der Waals surface area contributed by atoms with Gasteiger partial charge in [-0.2, -0.15) is 0 Å². The summed E-state index contributed by atoms with van der Waals surface area (Å²) in [6, 6.07) is 8.21. The average molecular weight is 329 g/mol. The minimum absolute atomic E-state index is 0.129. The van der Waals surface area contributed by atoms with Crippen LogP contribution in [0.1, 0.15) is 9.67 Å². The molecule has 2 N–H and O–H groups in total. The highest BCUT2D eigenvalue weighted by Crippen LogP contribution is 2.25. The van der Waals surface area contributed by atoms with Crippen molar-refractivity contribution < 1.29 is 9.59 Å². The lowest BCUT2D eigenvalue weighted by molar-refractivity contribution is -0.115. The molecule has 2 aromatic rings. The molecular formula is C13H10Cl2N2O2S. The number of thiophene rings is 1. The first-order chi connectivity index (χ1) is 9.56. The van der Waals surface area contributed by atoms with Gasteiger partial charge in [0.15, 0.2) is 0 Å². The molecule has 0 radical (unpaired) electrons. The van der Waals surface area contributed by atoms with Gasteiger partial charge in [0.2, 0.25) is 5.91 Å². The smallest absolute Gasteiger partial charge is 0.261 e. The third-order valence-electron chi connectivity index (χ3n) is 2.36. The molecular weight excluding hydrogens is 319 g/mol. The summed E-state index contributed by atoms with van der Waals surface area (Å²) >= 11 is 13.0. The number of halogens is 2. The Labute approximate surface area is 129 Å².